The van der Waals surface area contributed by atoms with E-state index in [2.05, 4.69) is 65.0 Å². The second kappa shape index (κ2) is 7.07. The zero-order valence-corrected chi connectivity index (χ0v) is 19.7. The van der Waals surface area contributed by atoms with Crippen molar-refractivity contribution in [3.05, 3.63) is 79.4 Å². The summed E-state index contributed by atoms with van der Waals surface area (Å²) in [7, 11) is 2.36. The predicted molar refractivity (Wildman–Crippen MR) is 137 cm³/mol. The molecule has 5 aromatic rings. The highest BCUT2D eigenvalue weighted by molar-refractivity contribution is 7.18. The van der Waals surface area contributed by atoms with E-state index in [0.717, 1.165) is 57.8 Å². The Morgan fingerprint density at radius 2 is 1.74 bits per heavy atom. The molecule has 1 aliphatic carbocycles. The minimum Gasteiger partial charge on any atom is -0.355 e. The van der Waals surface area contributed by atoms with Gasteiger partial charge in [0.15, 0.2) is 0 Å². The summed E-state index contributed by atoms with van der Waals surface area (Å²) in [4.78, 5) is 16.1. The molecular formula is C27H23FN5P. The van der Waals surface area contributed by atoms with E-state index in [1.54, 1.807) is 0 Å². The maximum absolute atomic E-state index is 13.9. The van der Waals surface area contributed by atoms with Crippen LogP contribution in [0.5, 0.6) is 0 Å². The van der Waals surface area contributed by atoms with Crippen LogP contribution >= 0.6 is 9.24 Å². The topological polar surface area (TPSA) is 46.3 Å². The van der Waals surface area contributed by atoms with Crippen LogP contribution < -0.4 is 4.90 Å². The molecule has 1 saturated heterocycles. The summed E-state index contributed by atoms with van der Waals surface area (Å²) in [6.07, 6.45) is 9.03. The number of halogens is 1. The second-order valence-corrected chi connectivity index (χ2v) is 10.8. The minimum atomic E-state index is -1.06. The lowest BCUT2D eigenvalue weighted by molar-refractivity contribution is -0.0236. The van der Waals surface area contributed by atoms with E-state index in [1.807, 2.05) is 42.9 Å². The van der Waals surface area contributed by atoms with Crippen molar-refractivity contribution in [2.24, 2.45) is 5.41 Å². The Morgan fingerprint density at radius 3 is 2.53 bits per heavy atom. The molecule has 0 N–H and O–H groups in total. The maximum atomic E-state index is 13.9. The molecule has 1 spiro atoms. The molecule has 0 radical (unpaired) electrons. The molecular weight excluding hydrogens is 444 g/mol. The van der Waals surface area contributed by atoms with Crippen LogP contribution in [0.3, 0.4) is 0 Å². The Hall–Kier alpha value is -3.37. The fourth-order valence-electron chi connectivity index (χ4n) is 5.77. The molecule has 168 valence electrons. The fraction of sp³-hybridized carbons (Fsp3) is 0.222. The van der Waals surface area contributed by atoms with Crippen molar-refractivity contribution in [1.29, 1.82) is 0 Å². The molecule has 0 amide bonds. The number of para-hydroxylation sites is 1. The van der Waals surface area contributed by atoms with Crippen molar-refractivity contribution in [3.8, 4) is 22.4 Å². The van der Waals surface area contributed by atoms with Crippen molar-refractivity contribution >= 4 is 31.6 Å². The van der Waals surface area contributed by atoms with Crippen molar-refractivity contribution in [1.82, 2.24) is 19.4 Å². The van der Waals surface area contributed by atoms with Crippen LogP contribution in [-0.2, 0) is 0 Å². The van der Waals surface area contributed by atoms with E-state index in [1.165, 1.54) is 0 Å². The summed E-state index contributed by atoms with van der Waals surface area (Å²) in [6, 6.07) is 18.6. The number of rotatable bonds is 3. The van der Waals surface area contributed by atoms with Gasteiger partial charge in [-0.15, -0.1) is 0 Å². The van der Waals surface area contributed by atoms with Crippen molar-refractivity contribution < 1.29 is 4.39 Å². The number of hydrogen-bond acceptors (Lipinski definition) is 4. The predicted octanol–water partition coefficient (Wildman–Crippen LogP) is 5.75. The summed E-state index contributed by atoms with van der Waals surface area (Å²) < 4.78 is 16.0. The monoisotopic (exact) mass is 467 g/mol. The van der Waals surface area contributed by atoms with Gasteiger partial charge in [0.2, 0.25) is 0 Å². The molecule has 34 heavy (non-hydrogen) atoms. The molecule has 1 unspecified atom stereocenters. The highest BCUT2D eigenvalue weighted by Gasteiger charge is 2.58. The highest BCUT2D eigenvalue weighted by Crippen LogP contribution is 2.59. The normalized spacial score (nSPS) is 18.2. The first-order valence-corrected chi connectivity index (χ1v) is 12.1. The smallest absolute Gasteiger partial charge is 0.137 e. The minimum absolute atomic E-state index is 0.153. The third kappa shape index (κ3) is 3.13. The molecule has 5 nitrogen and oxygen atoms in total. The SMILES string of the molecule is FC1(P)CC2(CN(c3ccc(-c4ccn5c(-c6ccnc7ccccc67)cnc5c4)cn3)C2)C1. The van der Waals surface area contributed by atoms with Gasteiger partial charge in [0.05, 0.1) is 17.4 Å². The van der Waals surface area contributed by atoms with Gasteiger partial charge in [-0.1, -0.05) is 27.4 Å². The third-order valence-corrected chi connectivity index (χ3v) is 7.64. The number of anilines is 1. The first kappa shape index (κ1) is 20.0. The lowest BCUT2D eigenvalue weighted by Crippen LogP contribution is -2.65. The number of imidazole rings is 1. The van der Waals surface area contributed by atoms with Crippen LogP contribution in [0.15, 0.2) is 79.4 Å². The molecule has 1 saturated carbocycles. The first-order valence-electron chi connectivity index (χ1n) is 11.5. The number of aromatic nitrogens is 4. The zero-order chi connectivity index (χ0) is 22.9. The number of pyridine rings is 3. The van der Waals surface area contributed by atoms with Crippen molar-refractivity contribution in [2.45, 2.75) is 18.3 Å². The molecule has 2 aliphatic rings. The summed E-state index contributed by atoms with van der Waals surface area (Å²) in [6.45, 7) is 1.79. The van der Waals surface area contributed by atoms with Gasteiger partial charge in [-0.3, -0.25) is 9.38 Å². The first-order chi connectivity index (χ1) is 16.5. The van der Waals surface area contributed by atoms with Crippen LogP contribution in [0, 0.1) is 5.41 Å². The molecule has 0 bridgehead atoms. The average molecular weight is 467 g/mol. The Bertz CT molecular complexity index is 1540. The molecule has 5 heterocycles. The average Bonchev–Trinajstić information content (AvgIpc) is 3.23. The molecule has 2 fully saturated rings. The van der Waals surface area contributed by atoms with Gasteiger partial charge in [0, 0.05) is 53.6 Å². The van der Waals surface area contributed by atoms with Gasteiger partial charge < -0.3 is 4.90 Å². The van der Waals surface area contributed by atoms with Gasteiger partial charge in [0.25, 0.3) is 0 Å². The third-order valence-electron chi connectivity index (χ3n) is 7.23. The Labute approximate surface area is 198 Å². The Morgan fingerprint density at radius 1 is 0.882 bits per heavy atom. The molecule has 1 aromatic carbocycles. The van der Waals surface area contributed by atoms with E-state index < -0.39 is 5.41 Å². The summed E-state index contributed by atoms with van der Waals surface area (Å²) >= 11 is 0. The van der Waals surface area contributed by atoms with Crippen molar-refractivity contribution in [3.63, 3.8) is 0 Å². The quantitative estimate of drug-likeness (QED) is 0.317. The van der Waals surface area contributed by atoms with Crippen LogP contribution in [0.4, 0.5) is 10.2 Å². The fourth-order valence-corrected chi connectivity index (χ4v) is 6.63. The van der Waals surface area contributed by atoms with Gasteiger partial charge in [-0.25, -0.2) is 14.4 Å². The molecule has 7 heteroatoms. The van der Waals surface area contributed by atoms with Crippen LogP contribution in [0.2, 0.25) is 0 Å². The second-order valence-electron chi connectivity index (χ2n) is 9.81. The lowest BCUT2D eigenvalue weighted by Gasteiger charge is -2.60. The van der Waals surface area contributed by atoms with Crippen LogP contribution in [-0.4, -0.2) is 37.9 Å². The molecule has 1 atom stereocenters. The Balaban J connectivity index is 1.15. The van der Waals surface area contributed by atoms with E-state index >= 15 is 0 Å². The van der Waals surface area contributed by atoms with Crippen LogP contribution in [0.25, 0.3) is 38.9 Å². The molecule has 1 aliphatic heterocycles. The number of benzene rings is 1. The van der Waals surface area contributed by atoms with Gasteiger partial charge in [-0.05, 0) is 54.8 Å². The molecule has 7 rings (SSSR count). The van der Waals surface area contributed by atoms with Gasteiger partial charge >= 0.3 is 0 Å². The highest BCUT2D eigenvalue weighted by atomic mass is 31.0. The summed E-state index contributed by atoms with van der Waals surface area (Å²) in [5, 5.41) is 0.0550. The van der Waals surface area contributed by atoms with Gasteiger partial charge in [-0.2, -0.15) is 0 Å². The maximum Gasteiger partial charge on any atom is 0.137 e. The molecule has 4 aromatic heterocycles. The van der Waals surface area contributed by atoms with E-state index in [0.29, 0.717) is 12.8 Å². The van der Waals surface area contributed by atoms with Gasteiger partial charge in [0.1, 0.15) is 16.9 Å². The number of alkyl halides is 1. The largest absolute Gasteiger partial charge is 0.355 e. The zero-order valence-electron chi connectivity index (χ0n) is 18.5. The van der Waals surface area contributed by atoms with E-state index in [4.69, 9.17) is 4.98 Å². The lowest BCUT2D eigenvalue weighted by atomic mass is 9.62. The van der Waals surface area contributed by atoms with Crippen LogP contribution in [0.1, 0.15) is 12.8 Å². The number of nitrogens with zero attached hydrogens (tertiary/aromatic N) is 5. The van der Waals surface area contributed by atoms with Crippen molar-refractivity contribution in [2.75, 3.05) is 18.0 Å². The number of fused-ring (bicyclic) bond motifs is 2. The van der Waals surface area contributed by atoms with E-state index in [9.17, 15) is 4.39 Å². The Kier molecular flexibility index (Phi) is 4.16. The summed E-state index contributed by atoms with van der Waals surface area (Å²) in [5.41, 5.74) is 6.30. The number of hydrogen-bond donors (Lipinski definition) is 0. The standard InChI is InChI=1S/C27H23FN5P/c28-27(34)14-26(15-27)16-32(17-26)24-6-5-19(12-30-24)18-8-10-33-23(13-31-25(33)11-18)21-7-9-29-22-4-2-1-3-20(21)22/h1-13H,14-17,34H2. The summed E-state index contributed by atoms with van der Waals surface area (Å²) in [5.74, 6) is 0.961. The van der Waals surface area contributed by atoms with E-state index in [-0.39, 0.29) is 5.41 Å².